The van der Waals surface area contributed by atoms with E-state index in [4.69, 9.17) is 9.68 Å². The SMILES string of the molecule is CCS(=O)(=O)NC(C#N)c1ccco1. The average Bonchev–Trinajstić information content (AvgIpc) is 2.67. The van der Waals surface area contributed by atoms with Gasteiger partial charge in [-0.2, -0.15) is 9.98 Å². The summed E-state index contributed by atoms with van der Waals surface area (Å²) in [6, 6.07) is 4.01. The van der Waals surface area contributed by atoms with Gasteiger partial charge in [-0.05, 0) is 19.1 Å². The van der Waals surface area contributed by atoms with E-state index in [9.17, 15) is 8.42 Å². The molecule has 76 valence electrons. The Kier molecular flexibility index (Phi) is 3.28. The molecule has 1 aromatic heterocycles. The number of nitriles is 1. The molecule has 1 rings (SSSR count). The predicted molar refractivity (Wildman–Crippen MR) is 49.7 cm³/mol. The summed E-state index contributed by atoms with van der Waals surface area (Å²) in [7, 11) is -3.39. The molecule has 0 aliphatic rings. The number of hydrogen-bond acceptors (Lipinski definition) is 4. The van der Waals surface area contributed by atoms with Crippen molar-refractivity contribution in [2.24, 2.45) is 0 Å². The smallest absolute Gasteiger partial charge is 0.212 e. The summed E-state index contributed by atoms with van der Waals surface area (Å²) in [6.45, 7) is 1.50. The number of furan rings is 1. The van der Waals surface area contributed by atoms with Crippen molar-refractivity contribution in [2.75, 3.05) is 5.75 Å². The zero-order valence-electron chi connectivity index (χ0n) is 7.60. The number of hydrogen-bond donors (Lipinski definition) is 1. The van der Waals surface area contributed by atoms with E-state index < -0.39 is 16.1 Å². The van der Waals surface area contributed by atoms with Crippen molar-refractivity contribution in [3.05, 3.63) is 24.2 Å². The van der Waals surface area contributed by atoms with E-state index in [-0.39, 0.29) is 5.75 Å². The number of sulfonamides is 1. The highest BCUT2D eigenvalue weighted by Gasteiger charge is 2.19. The predicted octanol–water partition coefficient (Wildman–Crippen LogP) is 0.784. The highest BCUT2D eigenvalue weighted by atomic mass is 32.2. The fourth-order valence-electron chi connectivity index (χ4n) is 0.866. The Morgan fingerprint density at radius 3 is 2.86 bits per heavy atom. The van der Waals surface area contributed by atoms with Crippen LogP contribution in [0.4, 0.5) is 0 Å². The zero-order chi connectivity index (χ0) is 10.6. The van der Waals surface area contributed by atoms with Crippen LogP contribution in [0.3, 0.4) is 0 Å². The molecule has 0 fully saturated rings. The molecule has 5 nitrogen and oxygen atoms in total. The van der Waals surface area contributed by atoms with E-state index in [0.29, 0.717) is 5.76 Å². The Bertz CT molecular complexity index is 416. The third-order valence-electron chi connectivity index (χ3n) is 1.63. The molecule has 1 unspecified atom stereocenters. The quantitative estimate of drug-likeness (QED) is 0.802. The van der Waals surface area contributed by atoms with Crippen molar-refractivity contribution in [2.45, 2.75) is 13.0 Å². The monoisotopic (exact) mass is 214 g/mol. The van der Waals surface area contributed by atoms with Crippen molar-refractivity contribution >= 4 is 10.0 Å². The van der Waals surface area contributed by atoms with Gasteiger partial charge in [0.25, 0.3) is 0 Å². The molecule has 1 atom stereocenters. The van der Waals surface area contributed by atoms with Crippen molar-refractivity contribution in [3.8, 4) is 6.07 Å². The van der Waals surface area contributed by atoms with Crippen LogP contribution >= 0.6 is 0 Å². The van der Waals surface area contributed by atoms with Crippen LogP contribution in [0.1, 0.15) is 18.7 Å². The molecule has 0 aliphatic carbocycles. The Labute approximate surface area is 82.4 Å². The van der Waals surface area contributed by atoms with Gasteiger partial charge in [-0.15, -0.1) is 0 Å². The molecule has 0 amide bonds. The maximum absolute atomic E-state index is 11.2. The molecular weight excluding hydrogens is 204 g/mol. The second kappa shape index (κ2) is 4.26. The summed E-state index contributed by atoms with van der Waals surface area (Å²) >= 11 is 0. The van der Waals surface area contributed by atoms with E-state index in [1.165, 1.54) is 13.2 Å². The molecule has 14 heavy (non-hydrogen) atoms. The van der Waals surface area contributed by atoms with Gasteiger partial charge in [0.1, 0.15) is 5.76 Å². The van der Waals surface area contributed by atoms with Crippen molar-refractivity contribution in [1.82, 2.24) is 4.72 Å². The van der Waals surface area contributed by atoms with Gasteiger partial charge in [-0.25, -0.2) is 8.42 Å². The Morgan fingerprint density at radius 1 is 1.71 bits per heavy atom. The minimum absolute atomic E-state index is 0.0636. The van der Waals surface area contributed by atoms with Crippen molar-refractivity contribution in [3.63, 3.8) is 0 Å². The molecular formula is C8H10N2O3S. The van der Waals surface area contributed by atoms with Gasteiger partial charge in [0, 0.05) is 0 Å². The highest BCUT2D eigenvalue weighted by Crippen LogP contribution is 2.13. The fourth-order valence-corrected chi connectivity index (χ4v) is 1.56. The maximum atomic E-state index is 11.2. The van der Waals surface area contributed by atoms with E-state index in [1.807, 2.05) is 6.07 Å². The van der Waals surface area contributed by atoms with Crippen LogP contribution in [0, 0.1) is 11.3 Å². The van der Waals surface area contributed by atoms with E-state index in [1.54, 1.807) is 12.1 Å². The molecule has 0 radical (unpaired) electrons. The first-order valence-electron chi connectivity index (χ1n) is 4.02. The maximum Gasteiger partial charge on any atom is 0.212 e. The first kappa shape index (κ1) is 10.8. The number of nitrogens with one attached hydrogen (secondary N) is 1. The third kappa shape index (κ3) is 2.58. The van der Waals surface area contributed by atoms with Gasteiger partial charge >= 0.3 is 0 Å². The lowest BCUT2D eigenvalue weighted by Crippen LogP contribution is -2.28. The summed E-state index contributed by atoms with van der Waals surface area (Å²) in [4.78, 5) is 0. The molecule has 0 spiro atoms. The zero-order valence-corrected chi connectivity index (χ0v) is 8.41. The topological polar surface area (TPSA) is 83.1 Å². The van der Waals surface area contributed by atoms with Crippen LogP contribution in [0.5, 0.6) is 0 Å². The fraction of sp³-hybridized carbons (Fsp3) is 0.375. The van der Waals surface area contributed by atoms with Gasteiger partial charge in [0.2, 0.25) is 10.0 Å². The minimum atomic E-state index is -3.39. The molecule has 1 heterocycles. The standard InChI is InChI=1S/C8H10N2O3S/c1-2-14(11,12)10-7(6-9)8-4-3-5-13-8/h3-5,7,10H,2H2,1H3. The van der Waals surface area contributed by atoms with Crippen LogP contribution in [-0.2, 0) is 10.0 Å². The Morgan fingerprint density at radius 2 is 2.43 bits per heavy atom. The summed E-state index contributed by atoms with van der Waals surface area (Å²) in [5.41, 5.74) is 0. The van der Waals surface area contributed by atoms with Crippen LogP contribution in [0.2, 0.25) is 0 Å². The van der Waals surface area contributed by atoms with Gasteiger partial charge in [0.15, 0.2) is 6.04 Å². The van der Waals surface area contributed by atoms with E-state index in [2.05, 4.69) is 4.72 Å². The normalized spacial score (nSPS) is 13.4. The molecule has 0 aliphatic heterocycles. The first-order valence-corrected chi connectivity index (χ1v) is 5.67. The molecule has 0 saturated carbocycles. The van der Waals surface area contributed by atoms with Gasteiger partial charge < -0.3 is 4.42 Å². The van der Waals surface area contributed by atoms with Gasteiger partial charge in [-0.3, -0.25) is 0 Å². The summed E-state index contributed by atoms with van der Waals surface area (Å²) in [6.07, 6.45) is 1.39. The minimum Gasteiger partial charge on any atom is -0.467 e. The van der Waals surface area contributed by atoms with E-state index >= 15 is 0 Å². The Hall–Kier alpha value is -1.32. The van der Waals surface area contributed by atoms with Crippen LogP contribution in [0.15, 0.2) is 22.8 Å². The second-order valence-electron chi connectivity index (χ2n) is 2.60. The molecule has 1 N–H and O–H groups in total. The first-order chi connectivity index (χ1) is 6.59. The highest BCUT2D eigenvalue weighted by molar-refractivity contribution is 7.89. The van der Waals surface area contributed by atoms with Gasteiger partial charge in [-0.1, -0.05) is 0 Å². The van der Waals surface area contributed by atoms with Crippen LogP contribution < -0.4 is 4.72 Å². The van der Waals surface area contributed by atoms with Crippen LogP contribution in [0.25, 0.3) is 0 Å². The summed E-state index contributed by atoms with van der Waals surface area (Å²) < 4.78 is 29.5. The number of rotatable bonds is 4. The molecule has 0 bridgehead atoms. The molecule has 1 aromatic rings. The molecule has 0 saturated heterocycles. The van der Waals surface area contributed by atoms with Gasteiger partial charge in [0.05, 0.1) is 18.1 Å². The Balaban J connectivity index is 2.82. The van der Waals surface area contributed by atoms with Crippen LogP contribution in [-0.4, -0.2) is 14.2 Å². The number of nitrogens with zero attached hydrogens (tertiary/aromatic N) is 1. The average molecular weight is 214 g/mol. The second-order valence-corrected chi connectivity index (χ2v) is 4.64. The lowest BCUT2D eigenvalue weighted by molar-refractivity contribution is 0.480. The molecule has 6 heteroatoms. The molecule has 0 aromatic carbocycles. The van der Waals surface area contributed by atoms with Crippen molar-refractivity contribution in [1.29, 1.82) is 5.26 Å². The summed E-state index contributed by atoms with van der Waals surface area (Å²) in [5.74, 6) is 0.232. The third-order valence-corrected chi connectivity index (χ3v) is 2.99. The largest absolute Gasteiger partial charge is 0.467 e. The summed E-state index contributed by atoms with van der Waals surface area (Å²) in [5, 5.41) is 8.72. The van der Waals surface area contributed by atoms with E-state index in [0.717, 1.165) is 0 Å². The van der Waals surface area contributed by atoms with Crippen molar-refractivity contribution < 1.29 is 12.8 Å². The lowest BCUT2D eigenvalue weighted by atomic mass is 10.3. The lowest BCUT2D eigenvalue weighted by Gasteiger charge is -2.07.